The Morgan fingerprint density at radius 3 is 2.93 bits per heavy atom. The van der Waals surface area contributed by atoms with Crippen LogP contribution in [0.4, 0.5) is 14.9 Å². The molecule has 142 valence electrons. The van der Waals surface area contributed by atoms with Crippen molar-refractivity contribution in [2.45, 2.75) is 13.0 Å². The maximum atomic E-state index is 13.6. The molecule has 1 aromatic heterocycles. The van der Waals surface area contributed by atoms with Crippen LogP contribution in [0.1, 0.15) is 11.3 Å². The summed E-state index contributed by atoms with van der Waals surface area (Å²) in [7, 11) is 0. The fraction of sp³-hybridized carbons (Fsp3) is 0.200. The van der Waals surface area contributed by atoms with Gasteiger partial charge < -0.3 is 24.2 Å². The zero-order valence-electron chi connectivity index (χ0n) is 14.8. The van der Waals surface area contributed by atoms with Crippen LogP contribution in [0, 0.1) is 5.82 Å². The molecule has 0 aliphatic carbocycles. The Morgan fingerprint density at radius 1 is 1.14 bits per heavy atom. The summed E-state index contributed by atoms with van der Waals surface area (Å²) in [4.78, 5) is 14.4. The van der Waals surface area contributed by atoms with Gasteiger partial charge in [0.05, 0.1) is 6.54 Å². The van der Waals surface area contributed by atoms with Crippen LogP contribution in [0.25, 0.3) is 11.3 Å². The Kier molecular flexibility index (Phi) is 3.89. The molecule has 0 unspecified atom stereocenters. The average molecular weight is 381 g/mol. The third kappa shape index (κ3) is 2.92. The van der Waals surface area contributed by atoms with Crippen LogP contribution in [0.5, 0.6) is 11.5 Å². The van der Waals surface area contributed by atoms with Crippen LogP contribution in [0.3, 0.4) is 0 Å². The van der Waals surface area contributed by atoms with Crippen molar-refractivity contribution >= 4 is 11.7 Å². The highest BCUT2D eigenvalue weighted by molar-refractivity contribution is 5.90. The number of nitrogens with one attached hydrogen (secondary N) is 1. The Hall–Kier alpha value is -3.55. The topological polar surface area (TPSA) is 76.8 Å². The molecule has 2 aliphatic rings. The van der Waals surface area contributed by atoms with Crippen LogP contribution in [-0.2, 0) is 13.0 Å². The van der Waals surface area contributed by atoms with Crippen molar-refractivity contribution in [3.8, 4) is 22.8 Å². The summed E-state index contributed by atoms with van der Waals surface area (Å²) in [6.45, 7) is 1.01. The number of hydrogen-bond donors (Lipinski definition) is 1. The third-order valence-corrected chi connectivity index (χ3v) is 4.84. The number of hydrogen-bond acceptors (Lipinski definition) is 5. The molecule has 0 bridgehead atoms. The number of ether oxygens (including phenoxy) is 2. The van der Waals surface area contributed by atoms with E-state index >= 15 is 0 Å². The fourth-order valence-electron chi connectivity index (χ4n) is 3.42. The van der Waals surface area contributed by atoms with Gasteiger partial charge in [-0.15, -0.1) is 0 Å². The zero-order chi connectivity index (χ0) is 19.1. The normalized spacial score (nSPS) is 14.7. The molecular formula is C20H16FN3O4. The second-order valence-electron chi connectivity index (χ2n) is 6.61. The van der Waals surface area contributed by atoms with Crippen LogP contribution in [-0.4, -0.2) is 29.4 Å². The predicted molar refractivity (Wildman–Crippen MR) is 97.6 cm³/mol. The Morgan fingerprint density at radius 2 is 2.04 bits per heavy atom. The summed E-state index contributed by atoms with van der Waals surface area (Å²) in [5, 5.41) is 6.97. The first-order valence-corrected chi connectivity index (χ1v) is 8.86. The first-order chi connectivity index (χ1) is 13.7. The van der Waals surface area contributed by atoms with Crippen LogP contribution < -0.4 is 14.8 Å². The molecule has 0 saturated carbocycles. The van der Waals surface area contributed by atoms with E-state index in [0.29, 0.717) is 48.0 Å². The number of fused-ring (bicyclic) bond motifs is 2. The van der Waals surface area contributed by atoms with Gasteiger partial charge in [0.2, 0.25) is 6.79 Å². The summed E-state index contributed by atoms with van der Waals surface area (Å²) >= 11 is 0. The molecule has 3 aromatic rings. The lowest BCUT2D eigenvalue weighted by Crippen LogP contribution is -2.38. The molecule has 0 radical (unpaired) electrons. The predicted octanol–water partition coefficient (Wildman–Crippen LogP) is 3.80. The SMILES string of the molecule is O=C(Nc1ccc2c(c1)OCO2)N1CCc2onc(-c3cccc(F)c3)c2C1. The van der Waals surface area contributed by atoms with E-state index in [-0.39, 0.29) is 18.6 Å². The fourth-order valence-corrected chi connectivity index (χ4v) is 3.42. The quantitative estimate of drug-likeness (QED) is 0.731. The number of aromatic nitrogens is 1. The van der Waals surface area contributed by atoms with Crippen LogP contribution in [0.2, 0.25) is 0 Å². The van der Waals surface area contributed by atoms with Crippen molar-refractivity contribution in [1.82, 2.24) is 10.1 Å². The maximum Gasteiger partial charge on any atom is 0.322 e. The van der Waals surface area contributed by atoms with E-state index in [0.717, 1.165) is 11.3 Å². The van der Waals surface area contributed by atoms with E-state index in [1.165, 1.54) is 12.1 Å². The molecule has 2 amide bonds. The molecule has 2 aliphatic heterocycles. The number of halogens is 1. The number of carbonyl (C=O) groups is 1. The highest BCUT2D eigenvalue weighted by atomic mass is 19.1. The Labute approximate surface area is 159 Å². The van der Waals surface area contributed by atoms with Gasteiger partial charge in [-0.1, -0.05) is 17.3 Å². The number of benzene rings is 2. The van der Waals surface area contributed by atoms with Gasteiger partial charge in [0.1, 0.15) is 17.3 Å². The standard InChI is InChI=1S/C20H16FN3O4/c21-13-3-1-2-12(8-13)19-15-10-24(7-6-16(15)28-23-19)20(25)22-14-4-5-17-18(9-14)27-11-26-17/h1-5,8-9H,6-7,10-11H2,(H,22,25). The van der Waals surface area contributed by atoms with Crippen molar-refractivity contribution < 1.29 is 23.2 Å². The number of carbonyl (C=O) groups excluding carboxylic acids is 1. The first-order valence-electron chi connectivity index (χ1n) is 8.86. The number of amides is 2. The Balaban J connectivity index is 1.35. The average Bonchev–Trinajstić information content (AvgIpc) is 3.33. The summed E-state index contributed by atoms with van der Waals surface area (Å²) in [6.07, 6.45) is 0.548. The lowest BCUT2D eigenvalue weighted by atomic mass is 10.0. The summed E-state index contributed by atoms with van der Waals surface area (Å²) < 4.78 is 29.6. The second kappa shape index (κ2) is 6.56. The number of nitrogens with zero attached hydrogens (tertiary/aromatic N) is 2. The molecule has 7 nitrogen and oxygen atoms in total. The lowest BCUT2D eigenvalue weighted by molar-refractivity contribution is 0.174. The van der Waals surface area contributed by atoms with Gasteiger partial charge in [-0.25, -0.2) is 9.18 Å². The number of urea groups is 1. The van der Waals surface area contributed by atoms with Gasteiger partial charge in [0.15, 0.2) is 11.5 Å². The molecule has 0 atom stereocenters. The van der Waals surface area contributed by atoms with Gasteiger partial charge in [-0.3, -0.25) is 0 Å². The summed E-state index contributed by atoms with van der Waals surface area (Å²) in [5.74, 6) is 1.64. The second-order valence-corrected chi connectivity index (χ2v) is 6.61. The maximum absolute atomic E-state index is 13.6. The van der Waals surface area contributed by atoms with Gasteiger partial charge in [-0.05, 0) is 24.3 Å². The highest BCUT2D eigenvalue weighted by Gasteiger charge is 2.28. The number of rotatable bonds is 2. The summed E-state index contributed by atoms with van der Waals surface area (Å²) in [5.41, 5.74) is 2.62. The minimum absolute atomic E-state index is 0.179. The molecule has 3 heterocycles. The molecular weight excluding hydrogens is 365 g/mol. The van der Waals surface area contributed by atoms with Crippen molar-refractivity contribution in [2.24, 2.45) is 0 Å². The van der Waals surface area contributed by atoms with E-state index in [1.807, 2.05) is 0 Å². The largest absolute Gasteiger partial charge is 0.454 e. The molecule has 0 fully saturated rings. The van der Waals surface area contributed by atoms with Crippen molar-refractivity contribution in [2.75, 3.05) is 18.7 Å². The van der Waals surface area contributed by atoms with Gasteiger partial charge in [-0.2, -0.15) is 0 Å². The minimum Gasteiger partial charge on any atom is -0.454 e. The van der Waals surface area contributed by atoms with Gasteiger partial charge >= 0.3 is 6.03 Å². The number of anilines is 1. The molecule has 2 aromatic carbocycles. The monoisotopic (exact) mass is 381 g/mol. The summed E-state index contributed by atoms with van der Waals surface area (Å²) in [6, 6.07) is 11.2. The third-order valence-electron chi connectivity index (χ3n) is 4.84. The van der Waals surface area contributed by atoms with E-state index in [4.69, 9.17) is 14.0 Å². The van der Waals surface area contributed by atoms with Crippen LogP contribution in [0.15, 0.2) is 47.0 Å². The molecule has 5 rings (SSSR count). The van der Waals surface area contributed by atoms with Gasteiger partial charge in [0.25, 0.3) is 0 Å². The molecule has 0 saturated heterocycles. The minimum atomic E-state index is -0.345. The van der Waals surface area contributed by atoms with Crippen molar-refractivity contribution in [3.05, 3.63) is 59.6 Å². The van der Waals surface area contributed by atoms with Crippen molar-refractivity contribution in [3.63, 3.8) is 0 Å². The van der Waals surface area contributed by atoms with Crippen molar-refractivity contribution in [1.29, 1.82) is 0 Å². The van der Waals surface area contributed by atoms with E-state index in [9.17, 15) is 9.18 Å². The van der Waals surface area contributed by atoms with E-state index in [2.05, 4.69) is 10.5 Å². The van der Waals surface area contributed by atoms with Crippen LogP contribution >= 0.6 is 0 Å². The lowest BCUT2D eigenvalue weighted by Gasteiger charge is -2.26. The Bertz CT molecular complexity index is 1070. The van der Waals surface area contributed by atoms with Gasteiger partial charge in [0, 0.05) is 35.8 Å². The smallest absolute Gasteiger partial charge is 0.322 e. The van der Waals surface area contributed by atoms with E-state index < -0.39 is 0 Å². The zero-order valence-corrected chi connectivity index (χ0v) is 14.8. The first kappa shape index (κ1) is 16.6. The molecule has 28 heavy (non-hydrogen) atoms. The molecule has 0 spiro atoms. The highest BCUT2D eigenvalue weighted by Crippen LogP contribution is 2.35. The molecule has 8 heteroatoms. The van der Waals surface area contributed by atoms with E-state index in [1.54, 1.807) is 35.2 Å². The molecule has 1 N–H and O–H groups in total.